The van der Waals surface area contributed by atoms with E-state index in [4.69, 9.17) is 19.9 Å². The van der Waals surface area contributed by atoms with E-state index in [2.05, 4.69) is 0 Å². The van der Waals surface area contributed by atoms with Gasteiger partial charge in [0.1, 0.15) is 17.3 Å². The van der Waals surface area contributed by atoms with E-state index in [1.807, 2.05) is 5.32 Å². The number of halogens is 2. The van der Waals surface area contributed by atoms with Crippen LogP contribution in [0.5, 0.6) is 11.5 Å². The molecule has 0 saturated heterocycles. The molecule has 2 aromatic carbocycles. The van der Waals surface area contributed by atoms with Crippen molar-refractivity contribution < 1.29 is 37.4 Å². The van der Waals surface area contributed by atoms with Crippen LogP contribution in [0.25, 0.3) is 0 Å². The lowest BCUT2D eigenvalue weighted by Crippen LogP contribution is -2.30. The molecule has 0 aliphatic rings. The van der Waals surface area contributed by atoms with Gasteiger partial charge in [0.15, 0.2) is 24.2 Å². The molecule has 3 N–H and O–H groups in total. The van der Waals surface area contributed by atoms with Crippen LogP contribution in [0.15, 0.2) is 36.4 Å². The summed E-state index contributed by atoms with van der Waals surface area (Å²) >= 11 is 0. The average Bonchev–Trinajstić information content (AvgIpc) is 2.68. The van der Waals surface area contributed by atoms with Gasteiger partial charge in [-0.2, -0.15) is 0 Å². The summed E-state index contributed by atoms with van der Waals surface area (Å²) in [5.74, 6) is -4.13. The lowest BCUT2D eigenvalue weighted by atomic mass is 10.2. The third-order valence-electron chi connectivity index (χ3n) is 3.63. The highest BCUT2D eigenvalue weighted by molar-refractivity contribution is 5.97. The number of ether oxygens (including phenoxy) is 3. The summed E-state index contributed by atoms with van der Waals surface area (Å²) in [6.07, 6.45) is -1.35. The molecule has 0 aliphatic carbocycles. The van der Waals surface area contributed by atoms with Crippen molar-refractivity contribution in [3.05, 3.63) is 53.6 Å². The molecule has 0 aliphatic heterocycles. The second-order valence-corrected chi connectivity index (χ2v) is 5.75. The first-order valence-electron chi connectivity index (χ1n) is 8.28. The number of nitrogens with two attached hydrogens (primary N) is 1. The number of anilines is 1. The standard InChI is InChI=1S/C19H18F2N2O6/c1-10(18(25)23-17-12(20)4-3-5-13(17)21)29-19(26)11-6-7-14(15(8-11)27-2)28-9-16(22)24/h3-8,10H,9H2,1-2H3,(H2,22,24)(H,23,25)/t10-/m1/s1. The lowest BCUT2D eigenvalue weighted by Gasteiger charge is -2.15. The zero-order valence-electron chi connectivity index (χ0n) is 15.5. The maximum Gasteiger partial charge on any atom is 0.339 e. The molecule has 0 heterocycles. The predicted octanol–water partition coefficient (Wildman–Crippen LogP) is 2.02. The number of esters is 1. The average molecular weight is 408 g/mol. The van der Waals surface area contributed by atoms with Crippen LogP contribution in [0.1, 0.15) is 17.3 Å². The summed E-state index contributed by atoms with van der Waals surface area (Å²) in [6, 6.07) is 7.06. The largest absolute Gasteiger partial charge is 0.493 e. The lowest BCUT2D eigenvalue weighted by molar-refractivity contribution is -0.123. The Morgan fingerprint density at radius 1 is 1.10 bits per heavy atom. The monoisotopic (exact) mass is 408 g/mol. The Bertz CT molecular complexity index is 915. The highest BCUT2D eigenvalue weighted by Gasteiger charge is 2.22. The van der Waals surface area contributed by atoms with Crippen LogP contribution in [-0.2, 0) is 14.3 Å². The summed E-state index contributed by atoms with van der Waals surface area (Å²) in [5.41, 5.74) is 4.38. The van der Waals surface area contributed by atoms with Gasteiger partial charge in [-0.15, -0.1) is 0 Å². The molecule has 2 amide bonds. The third kappa shape index (κ3) is 5.64. The Morgan fingerprint density at radius 3 is 2.34 bits per heavy atom. The fourth-order valence-corrected chi connectivity index (χ4v) is 2.19. The van der Waals surface area contributed by atoms with E-state index in [0.29, 0.717) is 0 Å². The molecular weight excluding hydrogens is 390 g/mol. The Kier molecular flexibility index (Phi) is 7.07. The number of hydrogen-bond donors (Lipinski definition) is 2. The maximum absolute atomic E-state index is 13.6. The highest BCUT2D eigenvalue weighted by Crippen LogP contribution is 2.28. The molecule has 0 radical (unpaired) electrons. The molecule has 154 valence electrons. The number of rotatable bonds is 8. The van der Waals surface area contributed by atoms with Crippen LogP contribution in [0, 0.1) is 11.6 Å². The second-order valence-electron chi connectivity index (χ2n) is 5.75. The van der Waals surface area contributed by atoms with Crippen LogP contribution in [-0.4, -0.2) is 37.6 Å². The number of para-hydroxylation sites is 1. The maximum atomic E-state index is 13.6. The van der Waals surface area contributed by atoms with E-state index in [0.717, 1.165) is 18.2 Å². The number of carbonyl (C=O) groups is 3. The van der Waals surface area contributed by atoms with E-state index >= 15 is 0 Å². The summed E-state index contributed by atoms with van der Waals surface area (Å²) in [7, 11) is 1.32. The predicted molar refractivity (Wildman–Crippen MR) is 97.5 cm³/mol. The van der Waals surface area contributed by atoms with Crippen molar-refractivity contribution >= 4 is 23.5 Å². The van der Waals surface area contributed by atoms with Crippen molar-refractivity contribution in [3.63, 3.8) is 0 Å². The number of benzene rings is 2. The molecule has 0 bridgehead atoms. The van der Waals surface area contributed by atoms with Crippen molar-refractivity contribution in [2.75, 3.05) is 19.0 Å². The Balaban J connectivity index is 2.06. The molecule has 2 aromatic rings. The molecule has 1 atom stereocenters. The van der Waals surface area contributed by atoms with Crippen molar-refractivity contribution in [1.29, 1.82) is 0 Å². The number of amides is 2. The van der Waals surface area contributed by atoms with Crippen LogP contribution < -0.4 is 20.5 Å². The zero-order valence-corrected chi connectivity index (χ0v) is 15.5. The van der Waals surface area contributed by atoms with Crippen molar-refractivity contribution in [2.45, 2.75) is 13.0 Å². The number of methoxy groups -OCH3 is 1. The van der Waals surface area contributed by atoms with Gasteiger partial charge in [-0.1, -0.05) is 6.07 Å². The van der Waals surface area contributed by atoms with E-state index in [1.165, 1.54) is 32.2 Å². The van der Waals surface area contributed by atoms with E-state index < -0.39 is 41.2 Å². The van der Waals surface area contributed by atoms with Crippen LogP contribution in [0.2, 0.25) is 0 Å². The minimum Gasteiger partial charge on any atom is -0.493 e. The van der Waals surface area contributed by atoms with E-state index in [1.54, 1.807) is 0 Å². The molecule has 10 heteroatoms. The van der Waals surface area contributed by atoms with Crippen molar-refractivity contribution in [1.82, 2.24) is 0 Å². The molecule has 2 rings (SSSR count). The first-order chi connectivity index (χ1) is 13.7. The second kappa shape index (κ2) is 9.49. The number of hydrogen-bond acceptors (Lipinski definition) is 6. The van der Waals surface area contributed by atoms with Gasteiger partial charge >= 0.3 is 5.97 Å². The van der Waals surface area contributed by atoms with Gasteiger partial charge in [0, 0.05) is 0 Å². The molecule has 0 aromatic heterocycles. The third-order valence-corrected chi connectivity index (χ3v) is 3.63. The summed E-state index contributed by atoms with van der Waals surface area (Å²) in [6.45, 7) is 0.859. The molecular formula is C19H18F2N2O6. The Morgan fingerprint density at radius 2 is 1.76 bits per heavy atom. The smallest absolute Gasteiger partial charge is 0.339 e. The molecule has 8 nitrogen and oxygen atoms in total. The quantitative estimate of drug-likeness (QED) is 0.646. The summed E-state index contributed by atoms with van der Waals surface area (Å²) < 4.78 is 42.5. The summed E-state index contributed by atoms with van der Waals surface area (Å²) in [5, 5.41) is 2.04. The first-order valence-corrected chi connectivity index (χ1v) is 8.28. The molecule has 0 fully saturated rings. The van der Waals surface area contributed by atoms with Gasteiger partial charge in [0.05, 0.1) is 12.7 Å². The Hall–Kier alpha value is -3.69. The van der Waals surface area contributed by atoms with E-state index in [-0.39, 0.29) is 23.7 Å². The SMILES string of the molecule is COc1cc(C(=O)O[C@H](C)C(=O)Nc2c(F)cccc2F)ccc1OCC(N)=O. The van der Waals surface area contributed by atoms with Crippen LogP contribution in [0.3, 0.4) is 0 Å². The van der Waals surface area contributed by atoms with Gasteiger partial charge in [-0.05, 0) is 37.3 Å². The number of carbonyl (C=O) groups excluding carboxylic acids is 3. The number of nitrogens with one attached hydrogen (secondary N) is 1. The number of primary amides is 1. The normalized spacial score (nSPS) is 11.3. The minimum atomic E-state index is -1.35. The van der Waals surface area contributed by atoms with Gasteiger partial charge in [0.25, 0.3) is 11.8 Å². The summed E-state index contributed by atoms with van der Waals surface area (Å²) in [4.78, 5) is 35.2. The van der Waals surface area contributed by atoms with Gasteiger partial charge in [0.2, 0.25) is 0 Å². The molecule has 0 unspecified atom stereocenters. The molecule has 29 heavy (non-hydrogen) atoms. The first kappa shape index (κ1) is 21.6. The molecule has 0 spiro atoms. The fraction of sp³-hybridized carbons (Fsp3) is 0.211. The van der Waals surface area contributed by atoms with Crippen molar-refractivity contribution in [3.8, 4) is 11.5 Å². The van der Waals surface area contributed by atoms with E-state index in [9.17, 15) is 23.2 Å². The topological polar surface area (TPSA) is 117 Å². The van der Waals surface area contributed by atoms with Crippen molar-refractivity contribution in [2.24, 2.45) is 5.73 Å². The Labute approximate surface area is 164 Å². The van der Waals surface area contributed by atoms with Gasteiger partial charge < -0.3 is 25.3 Å². The molecule has 0 saturated carbocycles. The highest BCUT2D eigenvalue weighted by atomic mass is 19.1. The minimum absolute atomic E-state index is 0.0185. The fourth-order valence-electron chi connectivity index (χ4n) is 2.19. The van der Waals surface area contributed by atoms with Gasteiger partial charge in [-0.3, -0.25) is 9.59 Å². The van der Waals surface area contributed by atoms with Crippen LogP contribution >= 0.6 is 0 Å². The van der Waals surface area contributed by atoms with Crippen LogP contribution in [0.4, 0.5) is 14.5 Å². The zero-order chi connectivity index (χ0) is 21.6. The van der Waals surface area contributed by atoms with Gasteiger partial charge in [-0.25, -0.2) is 13.6 Å².